The van der Waals surface area contributed by atoms with E-state index < -0.39 is 32.7 Å². The van der Waals surface area contributed by atoms with Gasteiger partial charge in [-0.25, -0.2) is 12.8 Å². The Morgan fingerprint density at radius 1 is 1.06 bits per heavy atom. The van der Waals surface area contributed by atoms with Crippen molar-refractivity contribution in [3.8, 4) is 0 Å². The number of nitrogens with one attached hydrogen (secondary N) is 2. The summed E-state index contributed by atoms with van der Waals surface area (Å²) in [4.78, 5) is 26.2. The number of carbonyl (C=O) groups excluding carboxylic acids is 2. The summed E-state index contributed by atoms with van der Waals surface area (Å²) >= 11 is 0. The summed E-state index contributed by atoms with van der Waals surface area (Å²) in [6, 6.07) is 7.32. The van der Waals surface area contributed by atoms with Crippen LogP contribution in [-0.4, -0.2) is 71.1 Å². The van der Waals surface area contributed by atoms with Crippen molar-refractivity contribution >= 4 is 21.7 Å². The van der Waals surface area contributed by atoms with Gasteiger partial charge in [-0.05, 0) is 36.4 Å². The quantitative estimate of drug-likeness (QED) is 0.441. The van der Waals surface area contributed by atoms with Gasteiger partial charge in [-0.15, -0.1) is 0 Å². The van der Waals surface area contributed by atoms with Gasteiger partial charge in [0.2, 0.25) is 0 Å². The average Bonchev–Trinajstić information content (AvgIpc) is 3.29. The van der Waals surface area contributed by atoms with Crippen molar-refractivity contribution in [1.29, 1.82) is 0 Å². The fourth-order valence-corrected chi connectivity index (χ4v) is 4.71. The maximum absolute atomic E-state index is 13.2. The molecule has 1 unspecified atom stereocenters. The fraction of sp³-hybridized carbons (Fsp3) is 0.400. The van der Waals surface area contributed by atoms with Gasteiger partial charge in [0.15, 0.2) is 9.84 Å². The van der Waals surface area contributed by atoms with Crippen LogP contribution in [0.2, 0.25) is 0 Å². The molecule has 3 rings (SSSR count). The molecule has 1 atom stereocenters. The van der Waals surface area contributed by atoms with E-state index in [1.807, 2.05) is 0 Å². The standard InChI is InChI=1S/C20H24FN3O6S/c21-15-3-5-16(6-4-15)31(27,28)18(17-2-1-11-30-17)14-23-20(26)19(25)22-7-8-24-9-12-29-13-10-24/h1-6,11,18H,7-10,12-14H2,(H,22,25)(H,23,26). The van der Waals surface area contributed by atoms with Crippen molar-refractivity contribution in [3.63, 3.8) is 0 Å². The van der Waals surface area contributed by atoms with Crippen molar-refractivity contribution in [2.75, 3.05) is 45.9 Å². The zero-order valence-corrected chi connectivity index (χ0v) is 17.6. The number of morpholine rings is 1. The van der Waals surface area contributed by atoms with E-state index in [4.69, 9.17) is 9.15 Å². The molecule has 1 saturated heterocycles. The van der Waals surface area contributed by atoms with Gasteiger partial charge in [-0.2, -0.15) is 0 Å². The van der Waals surface area contributed by atoms with Crippen molar-refractivity contribution < 1.29 is 31.6 Å². The number of ether oxygens (including phenoxy) is 1. The molecule has 9 nitrogen and oxygen atoms in total. The van der Waals surface area contributed by atoms with Crippen molar-refractivity contribution in [3.05, 3.63) is 54.2 Å². The SMILES string of the molecule is O=C(NCCN1CCOCC1)C(=O)NCC(c1ccco1)S(=O)(=O)c1ccc(F)cc1. The highest BCUT2D eigenvalue weighted by Gasteiger charge is 2.32. The molecule has 2 heterocycles. The summed E-state index contributed by atoms with van der Waals surface area (Å²) in [5.41, 5.74) is 0. The zero-order chi connectivity index (χ0) is 22.3. The molecule has 1 aliphatic heterocycles. The van der Waals surface area contributed by atoms with Gasteiger partial charge in [0.1, 0.15) is 16.8 Å². The molecule has 0 bridgehead atoms. The zero-order valence-electron chi connectivity index (χ0n) is 16.8. The van der Waals surface area contributed by atoms with Gasteiger partial charge in [0.25, 0.3) is 0 Å². The van der Waals surface area contributed by atoms with Crippen LogP contribution in [0.5, 0.6) is 0 Å². The number of carbonyl (C=O) groups is 2. The van der Waals surface area contributed by atoms with E-state index in [1.165, 1.54) is 18.4 Å². The van der Waals surface area contributed by atoms with E-state index >= 15 is 0 Å². The van der Waals surface area contributed by atoms with Gasteiger partial charge < -0.3 is 19.8 Å². The van der Waals surface area contributed by atoms with Crippen LogP contribution in [-0.2, 0) is 24.2 Å². The van der Waals surface area contributed by atoms with Gasteiger partial charge in [0, 0.05) is 32.7 Å². The normalized spacial score (nSPS) is 15.9. The first-order valence-electron chi connectivity index (χ1n) is 9.77. The van der Waals surface area contributed by atoms with Crippen molar-refractivity contribution in [2.24, 2.45) is 0 Å². The molecular weight excluding hydrogens is 429 g/mol. The Hall–Kier alpha value is -2.76. The Morgan fingerprint density at radius 2 is 1.74 bits per heavy atom. The number of hydrogen-bond donors (Lipinski definition) is 2. The minimum Gasteiger partial charge on any atom is -0.468 e. The molecule has 11 heteroatoms. The van der Waals surface area contributed by atoms with E-state index in [9.17, 15) is 22.4 Å². The monoisotopic (exact) mass is 453 g/mol. The average molecular weight is 453 g/mol. The second-order valence-electron chi connectivity index (χ2n) is 6.92. The molecule has 0 aliphatic carbocycles. The molecule has 31 heavy (non-hydrogen) atoms. The number of sulfone groups is 1. The number of halogens is 1. The van der Waals surface area contributed by atoms with Crippen LogP contribution in [0.1, 0.15) is 11.0 Å². The number of hydrogen-bond acceptors (Lipinski definition) is 7. The highest BCUT2D eigenvalue weighted by atomic mass is 32.2. The lowest BCUT2D eigenvalue weighted by atomic mass is 10.3. The highest BCUT2D eigenvalue weighted by molar-refractivity contribution is 7.91. The Kier molecular flexibility index (Phi) is 7.77. The Balaban J connectivity index is 1.59. The minimum atomic E-state index is -4.02. The first kappa shape index (κ1) is 22.9. The molecule has 0 radical (unpaired) electrons. The lowest BCUT2D eigenvalue weighted by Crippen LogP contribution is -2.46. The summed E-state index contributed by atoms with van der Waals surface area (Å²) < 4.78 is 49.7. The maximum atomic E-state index is 13.2. The van der Waals surface area contributed by atoms with E-state index in [-0.39, 0.29) is 23.7 Å². The molecule has 168 valence electrons. The summed E-state index contributed by atoms with van der Waals surface area (Å²) in [7, 11) is -4.02. The van der Waals surface area contributed by atoms with Crippen LogP contribution < -0.4 is 10.6 Å². The summed E-state index contributed by atoms with van der Waals surface area (Å²) in [6.07, 6.45) is 1.31. The Labute approximate surface area is 179 Å². The smallest absolute Gasteiger partial charge is 0.309 e. The third-order valence-electron chi connectivity index (χ3n) is 4.85. The summed E-state index contributed by atoms with van der Waals surface area (Å²) in [5.74, 6) is -2.29. The molecule has 0 spiro atoms. The molecule has 1 aliphatic rings. The van der Waals surface area contributed by atoms with Gasteiger partial charge in [-0.1, -0.05) is 0 Å². The highest BCUT2D eigenvalue weighted by Crippen LogP contribution is 2.29. The molecule has 1 aromatic heterocycles. The molecular formula is C20H24FN3O6S. The first-order chi connectivity index (χ1) is 14.9. The number of amides is 2. The maximum Gasteiger partial charge on any atom is 0.309 e. The molecule has 0 saturated carbocycles. The lowest BCUT2D eigenvalue weighted by Gasteiger charge is -2.26. The van der Waals surface area contributed by atoms with E-state index in [1.54, 1.807) is 0 Å². The minimum absolute atomic E-state index is 0.0948. The van der Waals surface area contributed by atoms with Gasteiger partial charge in [-0.3, -0.25) is 14.5 Å². The van der Waals surface area contributed by atoms with Crippen LogP contribution in [0.4, 0.5) is 4.39 Å². The third kappa shape index (κ3) is 6.12. The second-order valence-corrected chi connectivity index (χ2v) is 9.05. The van der Waals surface area contributed by atoms with Crippen molar-refractivity contribution in [1.82, 2.24) is 15.5 Å². The number of nitrogens with zero attached hydrogens (tertiary/aromatic N) is 1. The predicted octanol–water partition coefficient (Wildman–Crippen LogP) is 0.498. The number of rotatable bonds is 8. The molecule has 2 N–H and O–H groups in total. The predicted molar refractivity (Wildman–Crippen MR) is 108 cm³/mol. The largest absolute Gasteiger partial charge is 0.468 e. The Morgan fingerprint density at radius 3 is 2.39 bits per heavy atom. The second kappa shape index (κ2) is 10.5. The first-order valence-corrected chi connectivity index (χ1v) is 11.3. The fourth-order valence-electron chi connectivity index (χ4n) is 3.12. The van der Waals surface area contributed by atoms with Gasteiger partial charge in [0.05, 0.1) is 24.4 Å². The van der Waals surface area contributed by atoms with Crippen LogP contribution in [0, 0.1) is 5.82 Å². The topological polar surface area (TPSA) is 118 Å². The number of benzene rings is 1. The molecule has 2 amide bonds. The molecule has 1 fully saturated rings. The Bertz CT molecular complexity index is 973. The van der Waals surface area contributed by atoms with Gasteiger partial charge >= 0.3 is 11.8 Å². The van der Waals surface area contributed by atoms with Crippen LogP contribution >= 0.6 is 0 Å². The third-order valence-corrected chi connectivity index (χ3v) is 6.93. The molecule has 2 aromatic rings. The van der Waals surface area contributed by atoms with E-state index in [0.29, 0.717) is 19.8 Å². The summed E-state index contributed by atoms with van der Waals surface area (Å²) in [5, 5.41) is 3.59. The van der Waals surface area contributed by atoms with Crippen molar-refractivity contribution in [2.45, 2.75) is 10.1 Å². The van der Waals surface area contributed by atoms with Crippen LogP contribution in [0.15, 0.2) is 52.0 Å². The van der Waals surface area contributed by atoms with Crippen LogP contribution in [0.25, 0.3) is 0 Å². The van der Waals surface area contributed by atoms with Crippen LogP contribution in [0.3, 0.4) is 0 Å². The number of furan rings is 1. The van der Waals surface area contributed by atoms with E-state index in [0.717, 1.165) is 37.4 Å². The molecule has 1 aromatic carbocycles. The lowest BCUT2D eigenvalue weighted by molar-refractivity contribution is -0.139. The van der Waals surface area contributed by atoms with E-state index in [2.05, 4.69) is 15.5 Å². The summed E-state index contributed by atoms with van der Waals surface area (Å²) in [6.45, 7) is 3.25.